The van der Waals surface area contributed by atoms with Crippen molar-refractivity contribution in [2.45, 2.75) is 26.8 Å². The molecule has 26 heavy (non-hydrogen) atoms. The van der Waals surface area contributed by atoms with E-state index in [4.69, 9.17) is 0 Å². The summed E-state index contributed by atoms with van der Waals surface area (Å²) in [5.41, 5.74) is 0.990. The van der Waals surface area contributed by atoms with Gasteiger partial charge in [-0.1, -0.05) is 6.07 Å². The Labute approximate surface area is 152 Å². The Balaban J connectivity index is 3.15. The highest BCUT2D eigenvalue weighted by atomic mass is 32.2. The summed E-state index contributed by atoms with van der Waals surface area (Å²) >= 11 is 0. The Morgan fingerprint density at radius 2 is 1.88 bits per heavy atom. The molecule has 1 atom stereocenters. The van der Waals surface area contributed by atoms with E-state index >= 15 is 0 Å². The third-order valence-corrected chi connectivity index (χ3v) is 4.18. The summed E-state index contributed by atoms with van der Waals surface area (Å²) in [6.07, 6.45) is 0.993. The number of anilines is 1. The van der Waals surface area contributed by atoms with Gasteiger partial charge in [0.15, 0.2) is 0 Å². The van der Waals surface area contributed by atoms with E-state index in [9.17, 15) is 27.9 Å². The Hall–Kier alpha value is -2.62. The minimum absolute atomic E-state index is 0.00536. The van der Waals surface area contributed by atoms with Gasteiger partial charge in [-0.25, -0.2) is 13.2 Å². The summed E-state index contributed by atoms with van der Waals surface area (Å²) in [4.78, 5) is 36.2. The highest BCUT2D eigenvalue weighted by Gasteiger charge is 2.26. The number of nitrogens with one attached hydrogen (secondary N) is 2. The lowest BCUT2D eigenvalue weighted by atomic mass is 10.1. The van der Waals surface area contributed by atoms with Crippen molar-refractivity contribution < 1.29 is 27.9 Å². The number of aryl methyl sites for hydroxylation is 1. The van der Waals surface area contributed by atoms with E-state index in [1.54, 1.807) is 13.0 Å². The van der Waals surface area contributed by atoms with Crippen LogP contribution in [0.25, 0.3) is 0 Å². The first-order chi connectivity index (χ1) is 11.9. The van der Waals surface area contributed by atoms with Crippen LogP contribution in [0.3, 0.4) is 0 Å². The molecule has 0 radical (unpaired) electrons. The fraction of sp³-hybridized carbons (Fsp3) is 0.438. The molecule has 0 saturated carbocycles. The molecule has 0 saturated heterocycles. The van der Waals surface area contributed by atoms with Crippen molar-refractivity contribution in [1.82, 2.24) is 10.2 Å². The number of hydrogen-bond acceptors (Lipinski definition) is 5. The number of carboxylic acids is 1. The minimum atomic E-state index is -3.53. The van der Waals surface area contributed by atoms with Crippen molar-refractivity contribution in [2.24, 2.45) is 0 Å². The molecule has 0 aromatic heterocycles. The molecule has 0 fully saturated rings. The first-order valence-electron chi connectivity index (χ1n) is 7.79. The molecule has 144 valence electrons. The molecular weight excluding hydrogens is 362 g/mol. The topological polar surface area (TPSA) is 133 Å². The molecule has 0 aliphatic carbocycles. The van der Waals surface area contributed by atoms with E-state index in [1.165, 1.54) is 26.0 Å². The third-order valence-electron chi connectivity index (χ3n) is 3.59. The Kier molecular flexibility index (Phi) is 7.13. The number of benzene rings is 1. The second-order valence-corrected chi connectivity index (χ2v) is 7.65. The lowest BCUT2D eigenvalue weighted by Crippen LogP contribution is -2.46. The number of rotatable bonds is 8. The van der Waals surface area contributed by atoms with E-state index in [2.05, 4.69) is 10.0 Å². The maximum atomic E-state index is 12.8. The number of carbonyl (C=O) groups excluding carboxylic acids is 2. The van der Waals surface area contributed by atoms with E-state index in [-0.39, 0.29) is 30.2 Å². The SMILES string of the molecule is CC(=O)NCCN(C(=O)c1ccc(C)c(NS(C)(=O)=O)c1)C(C)C(=O)O. The quantitative estimate of drug-likeness (QED) is 0.594. The van der Waals surface area contributed by atoms with Crippen molar-refractivity contribution >= 4 is 33.5 Å². The van der Waals surface area contributed by atoms with Crippen molar-refractivity contribution in [2.75, 3.05) is 24.1 Å². The number of hydrogen-bond donors (Lipinski definition) is 3. The molecule has 10 heteroatoms. The summed E-state index contributed by atoms with van der Waals surface area (Å²) in [6, 6.07) is 3.30. The van der Waals surface area contributed by atoms with Crippen LogP contribution in [-0.4, -0.2) is 61.6 Å². The summed E-state index contributed by atoms with van der Waals surface area (Å²) in [5, 5.41) is 11.7. The normalized spacial score (nSPS) is 12.2. The maximum absolute atomic E-state index is 12.8. The van der Waals surface area contributed by atoms with E-state index in [1.807, 2.05) is 0 Å². The van der Waals surface area contributed by atoms with Gasteiger partial charge in [-0.05, 0) is 31.5 Å². The van der Waals surface area contributed by atoms with E-state index < -0.39 is 27.9 Å². The minimum Gasteiger partial charge on any atom is -0.480 e. The van der Waals surface area contributed by atoms with Gasteiger partial charge in [-0.3, -0.25) is 14.3 Å². The van der Waals surface area contributed by atoms with Crippen molar-refractivity contribution in [3.8, 4) is 0 Å². The molecule has 1 aromatic rings. The zero-order chi connectivity index (χ0) is 20.1. The van der Waals surface area contributed by atoms with Crippen LogP contribution in [-0.2, 0) is 19.6 Å². The van der Waals surface area contributed by atoms with Crippen LogP contribution >= 0.6 is 0 Å². The number of aliphatic carboxylic acids is 1. The summed E-state index contributed by atoms with van der Waals surface area (Å²) in [7, 11) is -3.53. The van der Waals surface area contributed by atoms with Gasteiger partial charge in [0.2, 0.25) is 15.9 Å². The molecule has 1 unspecified atom stereocenters. The van der Waals surface area contributed by atoms with Crippen LogP contribution in [0.4, 0.5) is 5.69 Å². The number of nitrogens with zero attached hydrogens (tertiary/aromatic N) is 1. The van der Waals surface area contributed by atoms with Gasteiger partial charge < -0.3 is 15.3 Å². The van der Waals surface area contributed by atoms with Gasteiger partial charge in [0.1, 0.15) is 6.04 Å². The molecule has 1 rings (SSSR count). The van der Waals surface area contributed by atoms with Crippen LogP contribution in [0, 0.1) is 6.92 Å². The van der Waals surface area contributed by atoms with Crippen LogP contribution < -0.4 is 10.0 Å². The smallest absolute Gasteiger partial charge is 0.326 e. The van der Waals surface area contributed by atoms with Gasteiger partial charge in [0.05, 0.1) is 11.9 Å². The van der Waals surface area contributed by atoms with Crippen LogP contribution in [0.5, 0.6) is 0 Å². The summed E-state index contributed by atoms with van der Waals surface area (Å²) in [5.74, 6) is -2.07. The zero-order valence-electron chi connectivity index (χ0n) is 15.1. The van der Waals surface area contributed by atoms with E-state index in [0.717, 1.165) is 11.2 Å². The molecule has 0 spiro atoms. The fourth-order valence-corrected chi connectivity index (χ4v) is 2.81. The Morgan fingerprint density at radius 3 is 2.38 bits per heavy atom. The zero-order valence-corrected chi connectivity index (χ0v) is 15.9. The second-order valence-electron chi connectivity index (χ2n) is 5.90. The molecule has 0 bridgehead atoms. The largest absolute Gasteiger partial charge is 0.480 e. The number of amides is 2. The van der Waals surface area contributed by atoms with Crippen LogP contribution in [0.1, 0.15) is 29.8 Å². The third kappa shape index (κ3) is 6.36. The molecule has 3 N–H and O–H groups in total. The fourth-order valence-electron chi connectivity index (χ4n) is 2.19. The Morgan fingerprint density at radius 1 is 1.27 bits per heavy atom. The predicted molar refractivity (Wildman–Crippen MR) is 96.5 cm³/mol. The number of sulfonamides is 1. The van der Waals surface area contributed by atoms with Crippen LogP contribution in [0.2, 0.25) is 0 Å². The first-order valence-corrected chi connectivity index (χ1v) is 9.68. The molecule has 0 heterocycles. The first kappa shape index (κ1) is 21.4. The lowest BCUT2D eigenvalue weighted by Gasteiger charge is -2.27. The summed E-state index contributed by atoms with van der Waals surface area (Å²) in [6.45, 7) is 4.44. The molecule has 0 aliphatic heterocycles. The molecule has 1 aromatic carbocycles. The van der Waals surface area contributed by atoms with E-state index in [0.29, 0.717) is 5.56 Å². The maximum Gasteiger partial charge on any atom is 0.326 e. The highest BCUT2D eigenvalue weighted by Crippen LogP contribution is 2.20. The van der Waals surface area contributed by atoms with Gasteiger partial charge in [0.25, 0.3) is 5.91 Å². The summed E-state index contributed by atoms with van der Waals surface area (Å²) < 4.78 is 25.2. The molecular formula is C16H23N3O6S. The van der Waals surface area contributed by atoms with Gasteiger partial charge in [-0.15, -0.1) is 0 Å². The average molecular weight is 385 g/mol. The van der Waals surface area contributed by atoms with Crippen molar-refractivity contribution in [3.63, 3.8) is 0 Å². The number of carbonyl (C=O) groups is 3. The van der Waals surface area contributed by atoms with Crippen LogP contribution in [0.15, 0.2) is 18.2 Å². The monoisotopic (exact) mass is 385 g/mol. The Bertz CT molecular complexity index is 806. The number of carboxylic acid groups (broad SMARTS) is 1. The van der Waals surface area contributed by atoms with Crippen molar-refractivity contribution in [1.29, 1.82) is 0 Å². The molecule has 0 aliphatic rings. The molecule has 9 nitrogen and oxygen atoms in total. The predicted octanol–water partition coefficient (Wildman–Crippen LogP) is 0.418. The highest BCUT2D eigenvalue weighted by molar-refractivity contribution is 7.92. The standard InChI is InChI=1S/C16H23N3O6S/c1-10-5-6-13(9-14(10)18-26(4,24)25)15(21)19(11(2)16(22)23)8-7-17-12(3)20/h5-6,9,11,18H,7-8H2,1-4H3,(H,17,20)(H,22,23). The average Bonchev–Trinajstić information content (AvgIpc) is 2.50. The van der Waals surface area contributed by atoms with Gasteiger partial charge in [-0.2, -0.15) is 0 Å². The molecule has 2 amide bonds. The lowest BCUT2D eigenvalue weighted by molar-refractivity contribution is -0.141. The van der Waals surface area contributed by atoms with Gasteiger partial charge >= 0.3 is 5.97 Å². The van der Waals surface area contributed by atoms with Gasteiger partial charge in [0, 0.05) is 25.6 Å². The second kappa shape index (κ2) is 8.65. The van der Waals surface area contributed by atoms with Crippen molar-refractivity contribution in [3.05, 3.63) is 29.3 Å².